The average molecular weight is 521 g/mol. The van der Waals surface area contributed by atoms with Crippen molar-refractivity contribution in [2.75, 3.05) is 19.8 Å². The molecule has 214 valence electrons. The lowest BCUT2D eigenvalue weighted by atomic mass is 9.99. The molecule has 6 atom stereocenters. The molecule has 0 amide bonds. The third-order valence-electron chi connectivity index (χ3n) is 6.72. The maximum atomic E-state index is 11.9. The van der Waals surface area contributed by atoms with Crippen molar-refractivity contribution in [3.05, 3.63) is 0 Å². The Kier molecular flexibility index (Phi) is 19.5. The Labute approximate surface area is 217 Å². The SMILES string of the molecule is CCCCCCCCCCCCCCCCCC(=O)OCC(O)CO[C@@H]1O[C@H](CO)[C@H](O)[C@H](O)[C@H]1O. The van der Waals surface area contributed by atoms with Gasteiger partial charge in [0.2, 0.25) is 0 Å². The first-order valence-corrected chi connectivity index (χ1v) is 14.2. The van der Waals surface area contributed by atoms with E-state index in [1.165, 1.54) is 77.0 Å². The molecule has 36 heavy (non-hydrogen) atoms. The lowest BCUT2D eigenvalue weighted by Crippen LogP contribution is -2.59. The maximum absolute atomic E-state index is 11.9. The number of rotatable bonds is 22. The molecule has 5 N–H and O–H groups in total. The predicted molar refractivity (Wildman–Crippen MR) is 136 cm³/mol. The summed E-state index contributed by atoms with van der Waals surface area (Å²) in [5, 5.41) is 48.5. The van der Waals surface area contributed by atoms with E-state index in [1.807, 2.05) is 0 Å². The smallest absolute Gasteiger partial charge is 0.305 e. The number of carbonyl (C=O) groups is 1. The van der Waals surface area contributed by atoms with Crippen LogP contribution in [-0.2, 0) is 19.0 Å². The Hall–Kier alpha value is -0.810. The van der Waals surface area contributed by atoms with E-state index in [-0.39, 0.29) is 19.2 Å². The van der Waals surface area contributed by atoms with Crippen LogP contribution in [0.15, 0.2) is 0 Å². The Morgan fingerprint density at radius 3 is 1.75 bits per heavy atom. The van der Waals surface area contributed by atoms with Crippen molar-refractivity contribution < 1.29 is 44.5 Å². The number of aliphatic hydroxyl groups excluding tert-OH is 5. The monoisotopic (exact) mass is 520 g/mol. The van der Waals surface area contributed by atoms with Crippen molar-refractivity contribution in [3.63, 3.8) is 0 Å². The van der Waals surface area contributed by atoms with Crippen LogP contribution in [-0.4, -0.2) is 88.1 Å². The van der Waals surface area contributed by atoms with Crippen molar-refractivity contribution in [3.8, 4) is 0 Å². The third kappa shape index (κ3) is 14.8. The normalized spacial score (nSPS) is 25.1. The number of esters is 1. The van der Waals surface area contributed by atoms with Crippen LogP contribution in [0.25, 0.3) is 0 Å². The highest BCUT2D eigenvalue weighted by molar-refractivity contribution is 5.69. The summed E-state index contributed by atoms with van der Waals surface area (Å²) >= 11 is 0. The zero-order valence-electron chi connectivity index (χ0n) is 22.3. The van der Waals surface area contributed by atoms with Gasteiger partial charge in [0, 0.05) is 6.42 Å². The molecule has 1 saturated heterocycles. The summed E-state index contributed by atoms with van der Waals surface area (Å²) in [6.07, 6.45) is 11.0. The van der Waals surface area contributed by atoms with Gasteiger partial charge in [0.1, 0.15) is 37.1 Å². The van der Waals surface area contributed by atoms with Gasteiger partial charge in [0.25, 0.3) is 0 Å². The lowest BCUT2D eigenvalue weighted by Gasteiger charge is -2.39. The molecule has 1 unspecified atom stereocenters. The van der Waals surface area contributed by atoms with E-state index < -0.39 is 43.4 Å². The van der Waals surface area contributed by atoms with Gasteiger partial charge in [-0.3, -0.25) is 4.79 Å². The van der Waals surface area contributed by atoms with E-state index in [1.54, 1.807) is 0 Å². The molecule has 0 radical (unpaired) electrons. The van der Waals surface area contributed by atoms with E-state index in [4.69, 9.17) is 14.2 Å². The van der Waals surface area contributed by atoms with Gasteiger partial charge in [-0.05, 0) is 6.42 Å². The number of hydrogen-bond donors (Lipinski definition) is 5. The van der Waals surface area contributed by atoms with Crippen molar-refractivity contribution in [2.24, 2.45) is 0 Å². The zero-order valence-corrected chi connectivity index (χ0v) is 22.3. The van der Waals surface area contributed by atoms with Gasteiger partial charge in [-0.2, -0.15) is 0 Å². The maximum Gasteiger partial charge on any atom is 0.305 e. The zero-order chi connectivity index (χ0) is 26.6. The van der Waals surface area contributed by atoms with Gasteiger partial charge in [0.05, 0.1) is 13.2 Å². The molecule has 1 aliphatic rings. The minimum Gasteiger partial charge on any atom is -0.463 e. The fourth-order valence-electron chi connectivity index (χ4n) is 4.36. The molecule has 1 rings (SSSR count). The van der Waals surface area contributed by atoms with E-state index in [0.29, 0.717) is 6.42 Å². The fourth-order valence-corrected chi connectivity index (χ4v) is 4.36. The largest absolute Gasteiger partial charge is 0.463 e. The van der Waals surface area contributed by atoms with Crippen LogP contribution in [0.3, 0.4) is 0 Å². The van der Waals surface area contributed by atoms with E-state index in [2.05, 4.69) is 6.92 Å². The molecule has 9 nitrogen and oxygen atoms in total. The Bertz CT molecular complexity index is 531. The molecule has 1 aliphatic heterocycles. The first-order chi connectivity index (χ1) is 17.4. The van der Waals surface area contributed by atoms with Crippen LogP contribution in [0, 0.1) is 0 Å². The Morgan fingerprint density at radius 2 is 1.25 bits per heavy atom. The van der Waals surface area contributed by atoms with Crippen LogP contribution < -0.4 is 0 Å². The van der Waals surface area contributed by atoms with Gasteiger partial charge >= 0.3 is 5.97 Å². The van der Waals surface area contributed by atoms with Crippen molar-refractivity contribution in [2.45, 2.75) is 146 Å². The number of unbranched alkanes of at least 4 members (excludes halogenated alkanes) is 14. The van der Waals surface area contributed by atoms with Crippen molar-refractivity contribution in [1.29, 1.82) is 0 Å². The highest BCUT2D eigenvalue weighted by Gasteiger charge is 2.44. The number of ether oxygens (including phenoxy) is 3. The number of carbonyl (C=O) groups excluding carboxylic acids is 1. The Balaban J connectivity index is 1.94. The summed E-state index contributed by atoms with van der Waals surface area (Å²) in [6, 6.07) is 0. The quantitative estimate of drug-likeness (QED) is 0.107. The molecule has 1 fully saturated rings. The van der Waals surface area contributed by atoms with E-state index >= 15 is 0 Å². The third-order valence-corrected chi connectivity index (χ3v) is 6.72. The minimum atomic E-state index is -1.55. The van der Waals surface area contributed by atoms with Crippen LogP contribution >= 0.6 is 0 Å². The first kappa shape index (κ1) is 33.2. The second kappa shape index (κ2) is 21.2. The minimum absolute atomic E-state index is 0.255. The summed E-state index contributed by atoms with van der Waals surface area (Å²) in [5.74, 6) is -0.378. The van der Waals surface area contributed by atoms with Crippen molar-refractivity contribution in [1.82, 2.24) is 0 Å². The predicted octanol–water partition coefficient (Wildman–Crippen LogP) is 2.97. The summed E-state index contributed by atoms with van der Waals surface area (Å²) in [6.45, 7) is 1.12. The van der Waals surface area contributed by atoms with Gasteiger partial charge < -0.3 is 39.7 Å². The molecule has 0 aromatic carbocycles. The molecule has 0 aliphatic carbocycles. The van der Waals surface area contributed by atoms with Crippen LogP contribution in [0.5, 0.6) is 0 Å². The molecular weight excluding hydrogens is 468 g/mol. The molecule has 0 spiro atoms. The highest BCUT2D eigenvalue weighted by Crippen LogP contribution is 2.22. The molecule has 0 saturated carbocycles. The van der Waals surface area contributed by atoms with Gasteiger partial charge in [-0.25, -0.2) is 0 Å². The molecule has 1 heterocycles. The molecular formula is C27H52O9. The van der Waals surface area contributed by atoms with Gasteiger partial charge in [-0.1, -0.05) is 96.8 Å². The van der Waals surface area contributed by atoms with Gasteiger partial charge in [-0.15, -0.1) is 0 Å². The van der Waals surface area contributed by atoms with E-state index in [0.717, 1.165) is 19.3 Å². The van der Waals surface area contributed by atoms with E-state index in [9.17, 15) is 30.3 Å². The first-order valence-electron chi connectivity index (χ1n) is 14.2. The molecule has 9 heteroatoms. The molecule has 0 aromatic heterocycles. The Morgan fingerprint density at radius 1 is 0.750 bits per heavy atom. The van der Waals surface area contributed by atoms with Crippen LogP contribution in [0.4, 0.5) is 0 Å². The topological polar surface area (TPSA) is 146 Å². The summed E-state index contributed by atoms with van der Waals surface area (Å²) in [5.41, 5.74) is 0. The van der Waals surface area contributed by atoms with Crippen molar-refractivity contribution >= 4 is 5.97 Å². The van der Waals surface area contributed by atoms with Crippen LogP contribution in [0.2, 0.25) is 0 Å². The fraction of sp³-hybridized carbons (Fsp3) is 0.963. The summed E-state index contributed by atoms with van der Waals surface area (Å²) in [7, 11) is 0. The molecule has 0 aromatic rings. The highest BCUT2D eigenvalue weighted by atomic mass is 16.7. The average Bonchev–Trinajstić information content (AvgIpc) is 2.88. The second-order valence-corrected chi connectivity index (χ2v) is 10.1. The lowest BCUT2D eigenvalue weighted by molar-refractivity contribution is -0.305. The summed E-state index contributed by atoms with van der Waals surface area (Å²) < 4.78 is 15.5. The number of aliphatic hydroxyl groups is 5. The standard InChI is InChI=1S/C27H52O9/c1-2-3-4-5-6-7-8-9-10-11-12-13-14-15-16-17-23(30)34-19-21(29)20-35-27-26(33)25(32)24(31)22(18-28)36-27/h21-22,24-29,31-33H,2-20H2,1H3/t21?,22-,24+,25+,26-,27-/m1/s1. The molecule has 0 bridgehead atoms. The van der Waals surface area contributed by atoms with Gasteiger partial charge in [0.15, 0.2) is 6.29 Å². The second-order valence-electron chi connectivity index (χ2n) is 10.1. The summed E-state index contributed by atoms with van der Waals surface area (Å²) in [4.78, 5) is 11.9. The number of hydrogen-bond acceptors (Lipinski definition) is 9. The van der Waals surface area contributed by atoms with Crippen LogP contribution in [0.1, 0.15) is 110 Å².